The van der Waals surface area contributed by atoms with Crippen molar-refractivity contribution in [1.82, 2.24) is 0 Å². The van der Waals surface area contributed by atoms with Crippen LogP contribution in [0.4, 0.5) is 15.8 Å². The van der Waals surface area contributed by atoms with Gasteiger partial charge in [0.1, 0.15) is 5.82 Å². The Morgan fingerprint density at radius 3 is 2.36 bits per heavy atom. The van der Waals surface area contributed by atoms with Crippen molar-refractivity contribution in [2.45, 2.75) is 6.92 Å². The van der Waals surface area contributed by atoms with Crippen LogP contribution in [0.5, 0.6) is 0 Å². The summed E-state index contributed by atoms with van der Waals surface area (Å²) in [6.07, 6.45) is 0. The number of amides is 2. The standard InChI is InChI=1S/C15H11Cl2FN2O2/c1-8(21)19-14-7-10(18)3-4-11(14)15(22)20-13-5-2-9(16)6-12(13)17/h2-7H,1H3,(H,19,21)(H,20,22). The highest BCUT2D eigenvalue weighted by atomic mass is 35.5. The second-order valence-electron chi connectivity index (χ2n) is 4.45. The van der Waals surface area contributed by atoms with Crippen molar-refractivity contribution in [2.75, 3.05) is 10.6 Å². The first-order valence-corrected chi connectivity index (χ1v) is 6.96. The molecule has 22 heavy (non-hydrogen) atoms. The molecule has 0 saturated carbocycles. The maximum Gasteiger partial charge on any atom is 0.257 e. The Morgan fingerprint density at radius 2 is 1.73 bits per heavy atom. The summed E-state index contributed by atoms with van der Waals surface area (Å²) in [4.78, 5) is 23.4. The number of anilines is 2. The van der Waals surface area contributed by atoms with E-state index in [1.807, 2.05) is 0 Å². The van der Waals surface area contributed by atoms with E-state index in [9.17, 15) is 14.0 Å². The summed E-state index contributed by atoms with van der Waals surface area (Å²) < 4.78 is 13.3. The van der Waals surface area contributed by atoms with Gasteiger partial charge >= 0.3 is 0 Å². The van der Waals surface area contributed by atoms with Crippen molar-refractivity contribution in [3.8, 4) is 0 Å². The van der Waals surface area contributed by atoms with Gasteiger partial charge in [0.2, 0.25) is 5.91 Å². The van der Waals surface area contributed by atoms with E-state index >= 15 is 0 Å². The van der Waals surface area contributed by atoms with Crippen molar-refractivity contribution in [3.63, 3.8) is 0 Å². The SMILES string of the molecule is CC(=O)Nc1cc(F)ccc1C(=O)Nc1ccc(Cl)cc1Cl. The van der Waals surface area contributed by atoms with Gasteiger partial charge in [0.25, 0.3) is 5.91 Å². The molecular formula is C15H11Cl2FN2O2. The molecule has 0 aromatic heterocycles. The number of carbonyl (C=O) groups is 2. The minimum atomic E-state index is -0.565. The average Bonchev–Trinajstić information content (AvgIpc) is 2.41. The van der Waals surface area contributed by atoms with Crippen LogP contribution in [-0.2, 0) is 4.79 Å². The number of nitrogens with one attached hydrogen (secondary N) is 2. The molecule has 2 aromatic rings. The Kier molecular flexibility index (Phi) is 5.00. The van der Waals surface area contributed by atoms with Crippen LogP contribution >= 0.6 is 23.2 Å². The molecule has 0 radical (unpaired) electrons. The monoisotopic (exact) mass is 340 g/mol. The summed E-state index contributed by atoms with van der Waals surface area (Å²) in [6.45, 7) is 1.27. The summed E-state index contributed by atoms with van der Waals surface area (Å²) in [5, 5.41) is 5.70. The first-order valence-electron chi connectivity index (χ1n) is 6.20. The lowest BCUT2D eigenvalue weighted by Crippen LogP contribution is -2.17. The largest absolute Gasteiger partial charge is 0.325 e. The van der Waals surface area contributed by atoms with E-state index in [1.165, 1.54) is 19.1 Å². The van der Waals surface area contributed by atoms with Crippen LogP contribution in [0, 0.1) is 5.82 Å². The van der Waals surface area contributed by atoms with Gasteiger partial charge < -0.3 is 10.6 Å². The fourth-order valence-electron chi connectivity index (χ4n) is 1.79. The molecule has 0 atom stereocenters. The molecule has 0 bridgehead atoms. The zero-order chi connectivity index (χ0) is 16.3. The molecule has 0 aliphatic heterocycles. The van der Waals surface area contributed by atoms with E-state index in [0.717, 1.165) is 12.1 Å². The van der Waals surface area contributed by atoms with E-state index < -0.39 is 17.6 Å². The van der Waals surface area contributed by atoms with Crippen LogP contribution in [0.3, 0.4) is 0 Å². The number of rotatable bonds is 3. The average molecular weight is 341 g/mol. The first kappa shape index (κ1) is 16.3. The Labute approximate surface area is 136 Å². The normalized spacial score (nSPS) is 10.2. The maximum absolute atomic E-state index is 13.3. The van der Waals surface area contributed by atoms with Gasteiger partial charge in [0, 0.05) is 11.9 Å². The molecule has 2 rings (SSSR count). The predicted octanol–water partition coefficient (Wildman–Crippen LogP) is 4.34. The van der Waals surface area contributed by atoms with Crippen molar-refractivity contribution in [2.24, 2.45) is 0 Å². The minimum absolute atomic E-state index is 0.0788. The summed E-state index contributed by atoms with van der Waals surface area (Å²) in [5.41, 5.74) is 0.548. The smallest absolute Gasteiger partial charge is 0.257 e. The molecule has 2 aromatic carbocycles. The second kappa shape index (κ2) is 6.77. The van der Waals surface area contributed by atoms with Gasteiger partial charge in [-0.15, -0.1) is 0 Å². The van der Waals surface area contributed by atoms with E-state index in [2.05, 4.69) is 10.6 Å². The lowest BCUT2D eigenvalue weighted by Gasteiger charge is -2.11. The summed E-state index contributed by atoms with van der Waals surface area (Å²) in [5.74, 6) is -1.51. The van der Waals surface area contributed by atoms with Crippen molar-refractivity contribution in [1.29, 1.82) is 0 Å². The lowest BCUT2D eigenvalue weighted by molar-refractivity contribution is -0.114. The second-order valence-corrected chi connectivity index (χ2v) is 5.29. The number of benzene rings is 2. The highest BCUT2D eigenvalue weighted by Crippen LogP contribution is 2.27. The Hall–Kier alpha value is -2.11. The molecule has 4 nitrogen and oxygen atoms in total. The Balaban J connectivity index is 2.31. The van der Waals surface area contributed by atoms with E-state index in [4.69, 9.17) is 23.2 Å². The molecule has 2 N–H and O–H groups in total. The Morgan fingerprint density at radius 1 is 1.00 bits per heavy atom. The topological polar surface area (TPSA) is 58.2 Å². The fourth-order valence-corrected chi connectivity index (χ4v) is 2.24. The highest BCUT2D eigenvalue weighted by molar-refractivity contribution is 6.36. The summed E-state index contributed by atoms with van der Waals surface area (Å²) >= 11 is 11.8. The Bertz CT molecular complexity index is 750. The molecule has 0 heterocycles. The molecule has 0 spiro atoms. The van der Waals surface area contributed by atoms with Crippen LogP contribution in [-0.4, -0.2) is 11.8 Å². The van der Waals surface area contributed by atoms with Crippen molar-refractivity contribution >= 4 is 46.4 Å². The highest BCUT2D eigenvalue weighted by Gasteiger charge is 2.15. The van der Waals surface area contributed by atoms with E-state index in [0.29, 0.717) is 10.7 Å². The number of halogens is 3. The third-order valence-corrected chi connectivity index (χ3v) is 3.26. The van der Waals surface area contributed by atoms with Crippen LogP contribution in [0.1, 0.15) is 17.3 Å². The van der Waals surface area contributed by atoms with Gasteiger partial charge in [0.15, 0.2) is 0 Å². The fraction of sp³-hybridized carbons (Fsp3) is 0.0667. The molecule has 0 saturated heterocycles. The first-order chi connectivity index (χ1) is 10.4. The van der Waals surface area contributed by atoms with Gasteiger partial charge in [0.05, 0.1) is 22.0 Å². The van der Waals surface area contributed by atoms with Gasteiger partial charge in [-0.2, -0.15) is 0 Å². The van der Waals surface area contributed by atoms with Crippen LogP contribution in [0.25, 0.3) is 0 Å². The van der Waals surface area contributed by atoms with E-state index in [-0.39, 0.29) is 16.3 Å². The number of carbonyl (C=O) groups excluding carboxylic acids is 2. The lowest BCUT2D eigenvalue weighted by atomic mass is 10.1. The van der Waals surface area contributed by atoms with Gasteiger partial charge in [-0.05, 0) is 36.4 Å². The summed E-state index contributed by atoms with van der Waals surface area (Å²) in [6, 6.07) is 8.08. The van der Waals surface area contributed by atoms with Gasteiger partial charge in [-0.25, -0.2) is 4.39 Å². The molecular weight excluding hydrogens is 330 g/mol. The molecule has 7 heteroatoms. The molecule has 0 unspecified atom stereocenters. The zero-order valence-corrected chi connectivity index (χ0v) is 12.9. The quantitative estimate of drug-likeness (QED) is 0.872. The van der Waals surface area contributed by atoms with Crippen molar-refractivity contribution in [3.05, 3.63) is 57.8 Å². The van der Waals surface area contributed by atoms with Gasteiger partial charge in [-0.3, -0.25) is 9.59 Å². The number of hydrogen-bond acceptors (Lipinski definition) is 2. The molecule has 0 aliphatic rings. The third kappa shape index (κ3) is 3.96. The van der Waals surface area contributed by atoms with Crippen LogP contribution in [0.15, 0.2) is 36.4 Å². The van der Waals surface area contributed by atoms with E-state index in [1.54, 1.807) is 12.1 Å². The minimum Gasteiger partial charge on any atom is -0.325 e. The van der Waals surface area contributed by atoms with Crippen LogP contribution < -0.4 is 10.6 Å². The molecule has 2 amide bonds. The number of hydrogen-bond donors (Lipinski definition) is 2. The molecule has 0 aliphatic carbocycles. The maximum atomic E-state index is 13.3. The molecule has 114 valence electrons. The van der Waals surface area contributed by atoms with Crippen molar-refractivity contribution < 1.29 is 14.0 Å². The van der Waals surface area contributed by atoms with Gasteiger partial charge in [-0.1, -0.05) is 23.2 Å². The zero-order valence-electron chi connectivity index (χ0n) is 11.4. The third-order valence-electron chi connectivity index (χ3n) is 2.72. The molecule has 0 fully saturated rings. The summed E-state index contributed by atoms with van der Waals surface area (Å²) in [7, 11) is 0. The predicted molar refractivity (Wildman–Crippen MR) is 85.1 cm³/mol. The van der Waals surface area contributed by atoms with Crippen LogP contribution in [0.2, 0.25) is 10.0 Å².